The van der Waals surface area contributed by atoms with Crippen molar-refractivity contribution in [1.82, 2.24) is 4.90 Å². The molecule has 0 aliphatic carbocycles. The van der Waals surface area contributed by atoms with Crippen LogP contribution in [-0.4, -0.2) is 31.6 Å². The molecule has 3 aromatic rings. The molecule has 34 heavy (non-hydrogen) atoms. The number of anilines is 1. The van der Waals surface area contributed by atoms with Gasteiger partial charge in [-0.3, -0.25) is 4.79 Å². The van der Waals surface area contributed by atoms with Crippen molar-refractivity contribution in [3.8, 4) is 0 Å². The van der Waals surface area contributed by atoms with Crippen LogP contribution in [0.1, 0.15) is 42.3 Å². The van der Waals surface area contributed by atoms with Crippen LogP contribution in [0, 0.1) is 5.92 Å². The van der Waals surface area contributed by atoms with Gasteiger partial charge in [-0.05, 0) is 42.2 Å². The standard InChI is InChI=1S/C27H29N3O3S/c1-20(2)17-30-21(3)28-34(32,33)26-16-24(14-15-25(26)30)27(31)29(18-22-10-6-4-7-11-22)19-23-12-8-5-9-13-23/h4-16,20H,17-19H2,1-3H3. The number of benzene rings is 3. The fourth-order valence-corrected chi connectivity index (χ4v) is 5.37. The SMILES string of the molecule is CC1=NS(=O)(=O)c2cc(C(=O)N(Cc3ccccc3)Cc3ccccc3)ccc2N1CC(C)C. The number of rotatable bonds is 7. The van der Waals surface area contributed by atoms with Crippen molar-refractivity contribution < 1.29 is 13.2 Å². The Labute approximate surface area is 201 Å². The molecule has 0 unspecified atom stereocenters. The molecule has 0 atom stereocenters. The second kappa shape index (κ2) is 9.81. The first-order chi connectivity index (χ1) is 16.2. The van der Waals surface area contributed by atoms with E-state index in [1.54, 1.807) is 24.0 Å². The zero-order valence-electron chi connectivity index (χ0n) is 19.7. The first-order valence-electron chi connectivity index (χ1n) is 11.3. The lowest BCUT2D eigenvalue weighted by Crippen LogP contribution is -2.37. The summed E-state index contributed by atoms with van der Waals surface area (Å²) >= 11 is 0. The molecule has 0 radical (unpaired) electrons. The molecule has 0 fully saturated rings. The average molecular weight is 476 g/mol. The third-order valence-corrected chi connectivity index (χ3v) is 7.07. The van der Waals surface area contributed by atoms with Crippen molar-refractivity contribution in [1.29, 1.82) is 0 Å². The summed E-state index contributed by atoms with van der Waals surface area (Å²) in [5, 5.41) is 0. The number of nitrogens with zero attached hydrogens (tertiary/aromatic N) is 3. The normalized spacial score (nSPS) is 14.5. The maximum atomic E-state index is 13.7. The van der Waals surface area contributed by atoms with Gasteiger partial charge in [-0.2, -0.15) is 8.42 Å². The van der Waals surface area contributed by atoms with Crippen LogP contribution in [-0.2, 0) is 23.1 Å². The number of sulfonamides is 1. The number of hydrogen-bond acceptors (Lipinski definition) is 4. The molecule has 0 saturated carbocycles. The van der Waals surface area contributed by atoms with Gasteiger partial charge in [0.1, 0.15) is 10.7 Å². The van der Waals surface area contributed by atoms with E-state index in [4.69, 9.17) is 0 Å². The predicted octanol–water partition coefficient (Wildman–Crippen LogP) is 5.11. The van der Waals surface area contributed by atoms with Crippen molar-refractivity contribution in [3.05, 3.63) is 95.6 Å². The van der Waals surface area contributed by atoms with E-state index in [1.807, 2.05) is 65.6 Å². The van der Waals surface area contributed by atoms with Crippen molar-refractivity contribution >= 4 is 27.5 Å². The average Bonchev–Trinajstić information content (AvgIpc) is 2.81. The molecule has 1 aliphatic rings. The fourth-order valence-electron chi connectivity index (χ4n) is 4.11. The molecule has 6 nitrogen and oxygen atoms in total. The van der Waals surface area contributed by atoms with E-state index in [-0.39, 0.29) is 10.8 Å². The van der Waals surface area contributed by atoms with Crippen molar-refractivity contribution in [3.63, 3.8) is 0 Å². The monoisotopic (exact) mass is 475 g/mol. The molecule has 4 rings (SSSR count). The summed E-state index contributed by atoms with van der Waals surface area (Å²) in [5.74, 6) is 0.523. The van der Waals surface area contributed by atoms with Crippen LogP contribution in [0.5, 0.6) is 0 Å². The Morgan fingerprint density at radius 3 is 2.00 bits per heavy atom. The van der Waals surface area contributed by atoms with Crippen LogP contribution in [0.2, 0.25) is 0 Å². The Hall–Kier alpha value is -3.45. The molecular weight excluding hydrogens is 446 g/mol. The first kappa shape index (κ1) is 23.7. The molecule has 1 amide bonds. The Morgan fingerprint density at radius 2 is 1.47 bits per heavy atom. The first-order valence-corrected chi connectivity index (χ1v) is 12.8. The molecule has 7 heteroatoms. The largest absolute Gasteiger partial charge is 0.330 e. The minimum Gasteiger partial charge on any atom is -0.330 e. The van der Waals surface area contributed by atoms with E-state index < -0.39 is 10.0 Å². The number of fused-ring (bicyclic) bond motifs is 1. The van der Waals surface area contributed by atoms with Gasteiger partial charge in [-0.15, -0.1) is 4.40 Å². The molecule has 3 aromatic carbocycles. The molecule has 0 saturated heterocycles. The fraction of sp³-hybridized carbons (Fsp3) is 0.259. The number of amidine groups is 1. The molecule has 1 aliphatic heterocycles. The van der Waals surface area contributed by atoms with E-state index in [0.29, 0.717) is 42.6 Å². The summed E-state index contributed by atoms with van der Waals surface area (Å²) in [7, 11) is -3.88. The summed E-state index contributed by atoms with van der Waals surface area (Å²) in [6.07, 6.45) is 0. The van der Waals surface area contributed by atoms with Gasteiger partial charge in [0, 0.05) is 25.2 Å². The quantitative estimate of drug-likeness (QED) is 0.476. The second-order valence-corrected chi connectivity index (χ2v) is 10.5. The molecule has 1 heterocycles. The molecular formula is C27H29N3O3S. The molecule has 0 spiro atoms. The number of carbonyl (C=O) groups is 1. The second-order valence-electron chi connectivity index (χ2n) is 8.93. The summed E-state index contributed by atoms with van der Waals surface area (Å²) in [6.45, 7) is 7.30. The van der Waals surface area contributed by atoms with Gasteiger partial charge in [-0.1, -0.05) is 74.5 Å². The molecule has 0 bridgehead atoms. The van der Waals surface area contributed by atoms with Crippen LogP contribution in [0.15, 0.2) is 88.2 Å². The molecule has 176 valence electrons. The van der Waals surface area contributed by atoms with Gasteiger partial charge < -0.3 is 9.80 Å². The highest BCUT2D eigenvalue weighted by Crippen LogP contribution is 2.33. The lowest BCUT2D eigenvalue weighted by molar-refractivity contribution is 0.0730. The van der Waals surface area contributed by atoms with Gasteiger partial charge >= 0.3 is 0 Å². The van der Waals surface area contributed by atoms with Gasteiger partial charge in [0.15, 0.2) is 0 Å². The smallest absolute Gasteiger partial charge is 0.286 e. The van der Waals surface area contributed by atoms with Gasteiger partial charge in [-0.25, -0.2) is 0 Å². The minimum atomic E-state index is -3.88. The highest BCUT2D eigenvalue weighted by atomic mass is 32.2. The number of carbonyl (C=O) groups excluding carboxylic acids is 1. The highest BCUT2D eigenvalue weighted by Gasteiger charge is 2.31. The van der Waals surface area contributed by atoms with E-state index >= 15 is 0 Å². The van der Waals surface area contributed by atoms with E-state index in [1.165, 1.54) is 6.07 Å². The summed E-state index contributed by atoms with van der Waals surface area (Å²) < 4.78 is 29.8. The van der Waals surface area contributed by atoms with Gasteiger partial charge in [0.05, 0.1) is 5.69 Å². The van der Waals surface area contributed by atoms with Crippen LogP contribution in [0.3, 0.4) is 0 Å². The van der Waals surface area contributed by atoms with Gasteiger partial charge in [0.25, 0.3) is 15.9 Å². The number of hydrogen-bond donors (Lipinski definition) is 0. The Kier molecular flexibility index (Phi) is 6.84. The lowest BCUT2D eigenvalue weighted by Gasteiger charge is -2.31. The Bertz CT molecular complexity index is 1260. The van der Waals surface area contributed by atoms with Crippen molar-refractivity contribution in [2.75, 3.05) is 11.4 Å². The summed E-state index contributed by atoms with van der Waals surface area (Å²) in [5.41, 5.74) is 2.89. The van der Waals surface area contributed by atoms with Crippen LogP contribution < -0.4 is 4.90 Å². The third kappa shape index (κ3) is 5.20. The lowest BCUT2D eigenvalue weighted by atomic mass is 10.1. The van der Waals surface area contributed by atoms with Gasteiger partial charge in [0.2, 0.25) is 0 Å². The minimum absolute atomic E-state index is 0.0731. The molecule has 0 aromatic heterocycles. The van der Waals surface area contributed by atoms with Crippen LogP contribution in [0.4, 0.5) is 5.69 Å². The summed E-state index contributed by atoms with van der Waals surface area (Å²) in [6, 6.07) is 24.5. The van der Waals surface area contributed by atoms with Crippen molar-refractivity contribution in [2.45, 2.75) is 38.8 Å². The highest BCUT2D eigenvalue weighted by molar-refractivity contribution is 7.90. The van der Waals surface area contributed by atoms with Crippen molar-refractivity contribution in [2.24, 2.45) is 10.3 Å². The Morgan fingerprint density at radius 1 is 0.912 bits per heavy atom. The van der Waals surface area contributed by atoms with E-state index in [9.17, 15) is 13.2 Å². The maximum absolute atomic E-state index is 13.7. The summed E-state index contributed by atoms with van der Waals surface area (Å²) in [4.78, 5) is 17.4. The van der Waals surface area contributed by atoms with Crippen LogP contribution >= 0.6 is 0 Å². The maximum Gasteiger partial charge on any atom is 0.286 e. The third-order valence-electron chi connectivity index (χ3n) is 5.69. The molecule has 0 N–H and O–H groups in total. The predicted molar refractivity (Wildman–Crippen MR) is 135 cm³/mol. The number of amides is 1. The zero-order chi connectivity index (χ0) is 24.3. The zero-order valence-corrected chi connectivity index (χ0v) is 20.5. The van der Waals surface area contributed by atoms with E-state index in [0.717, 1.165) is 11.1 Å². The van der Waals surface area contributed by atoms with Crippen LogP contribution in [0.25, 0.3) is 0 Å². The van der Waals surface area contributed by atoms with E-state index in [2.05, 4.69) is 18.2 Å². The Balaban J connectivity index is 1.71. The topological polar surface area (TPSA) is 70.0 Å².